The summed E-state index contributed by atoms with van der Waals surface area (Å²) in [5.74, 6) is -0.0559. The lowest BCUT2D eigenvalue weighted by atomic mass is 9.87. The van der Waals surface area contributed by atoms with Gasteiger partial charge in [-0.3, -0.25) is 19.3 Å². The second-order valence-electron chi connectivity index (χ2n) is 9.14. The van der Waals surface area contributed by atoms with Gasteiger partial charge < -0.3 is 9.88 Å². The molecule has 1 aromatic heterocycles. The van der Waals surface area contributed by atoms with Crippen LogP contribution in [0.2, 0.25) is 0 Å². The van der Waals surface area contributed by atoms with Gasteiger partial charge in [-0.05, 0) is 36.1 Å². The molecule has 0 radical (unpaired) electrons. The Labute approximate surface area is 202 Å². The van der Waals surface area contributed by atoms with E-state index in [2.05, 4.69) is 60.6 Å². The Balaban J connectivity index is 1.44. The van der Waals surface area contributed by atoms with Crippen molar-refractivity contribution in [1.82, 2.24) is 19.7 Å². The zero-order valence-electron chi connectivity index (χ0n) is 19.9. The van der Waals surface area contributed by atoms with Crippen LogP contribution in [0.4, 0.5) is 5.69 Å². The number of nitrogens with one attached hydrogen (secondary N) is 1. The van der Waals surface area contributed by atoms with Crippen LogP contribution in [-0.2, 0) is 16.8 Å². The molecule has 4 rings (SSSR count). The number of hydrogen-bond acceptors (Lipinski definition) is 6. The Kier molecular flexibility index (Phi) is 6.31. The minimum absolute atomic E-state index is 0.0723. The average Bonchev–Trinajstić information content (AvgIpc) is 3.32. The summed E-state index contributed by atoms with van der Waals surface area (Å²) in [7, 11) is 1.44. The predicted molar refractivity (Wildman–Crippen MR) is 132 cm³/mol. The lowest BCUT2D eigenvalue weighted by molar-refractivity contribution is -0.113. The molecule has 0 atom stereocenters. The van der Waals surface area contributed by atoms with Crippen molar-refractivity contribution in [2.75, 3.05) is 18.1 Å². The van der Waals surface area contributed by atoms with Crippen LogP contribution in [0, 0.1) is 0 Å². The maximum atomic E-state index is 12.6. The number of carbonyl (C=O) groups excluding carboxylic acids is 3. The second-order valence-corrected chi connectivity index (χ2v) is 10.1. The van der Waals surface area contributed by atoms with Crippen molar-refractivity contribution < 1.29 is 14.4 Å². The van der Waals surface area contributed by atoms with Gasteiger partial charge >= 0.3 is 0 Å². The fraction of sp³-hybridized carbons (Fsp3) is 0.320. The van der Waals surface area contributed by atoms with Crippen molar-refractivity contribution in [2.24, 2.45) is 0 Å². The summed E-state index contributed by atoms with van der Waals surface area (Å²) in [5, 5.41) is 12.1. The van der Waals surface area contributed by atoms with E-state index < -0.39 is 0 Å². The number of hydrogen-bond donors (Lipinski definition) is 1. The Morgan fingerprint density at radius 3 is 2.32 bits per heavy atom. The van der Waals surface area contributed by atoms with Crippen LogP contribution in [0.5, 0.6) is 0 Å². The van der Waals surface area contributed by atoms with Gasteiger partial charge in [0.1, 0.15) is 0 Å². The average molecular weight is 478 g/mol. The molecular weight excluding hydrogens is 450 g/mol. The van der Waals surface area contributed by atoms with Gasteiger partial charge in [0.05, 0.1) is 16.9 Å². The third-order valence-corrected chi connectivity index (χ3v) is 6.71. The fourth-order valence-electron chi connectivity index (χ4n) is 3.78. The molecule has 9 heteroatoms. The van der Waals surface area contributed by atoms with E-state index in [4.69, 9.17) is 0 Å². The van der Waals surface area contributed by atoms with Gasteiger partial charge in [-0.2, -0.15) is 0 Å². The number of fused-ring (bicyclic) bond motifs is 1. The highest BCUT2D eigenvalue weighted by molar-refractivity contribution is 7.99. The molecule has 3 amide bonds. The highest BCUT2D eigenvalue weighted by atomic mass is 32.2. The molecule has 3 aromatic rings. The summed E-state index contributed by atoms with van der Waals surface area (Å²) in [5.41, 5.74) is 3.40. The Morgan fingerprint density at radius 2 is 1.68 bits per heavy atom. The van der Waals surface area contributed by atoms with Crippen LogP contribution >= 0.6 is 11.8 Å². The topological polar surface area (TPSA) is 97.2 Å². The van der Waals surface area contributed by atoms with Crippen molar-refractivity contribution in [3.8, 4) is 11.4 Å². The summed E-state index contributed by atoms with van der Waals surface area (Å²) >= 11 is 1.30. The molecule has 1 N–H and O–H groups in total. The first-order valence-electron chi connectivity index (χ1n) is 11.0. The van der Waals surface area contributed by atoms with Gasteiger partial charge in [0.2, 0.25) is 5.91 Å². The van der Waals surface area contributed by atoms with Crippen molar-refractivity contribution in [2.45, 2.75) is 44.8 Å². The van der Waals surface area contributed by atoms with E-state index in [-0.39, 0.29) is 28.9 Å². The molecule has 1 aliphatic rings. The first-order chi connectivity index (χ1) is 16.1. The van der Waals surface area contributed by atoms with E-state index in [0.29, 0.717) is 28.5 Å². The lowest BCUT2D eigenvalue weighted by Gasteiger charge is -2.19. The van der Waals surface area contributed by atoms with E-state index in [1.54, 1.807) is 12.1 Å². The Bertz CT molecular complexity index is 1270. The predicted octanol–water partition coefficient (Wildman–Crippen LogP) is 4.22. The summed E-state index contributed by atoms with van der Waals surface area (Å²) in [4.78, 5) is 37.8. The van der Waals surface area contributed by atoms with Gasteiger partial charge in [-0.1, -0.05) is 56.8 Å². The molecule has 34 heavy (non-hydrogen) atoms. The third kappa shape index (κ3) is 4.48. The molecule has 0 saturated carbocycles. The van der Waals surface area contributed by atoms with Gasteiger partial charge in [0, 0.05) is 24.8 Å². The Hall–Kier alpha value is -3.46. The first kappa shape index (κ1) is 23.7. The van der Waals surface area contributed by atoms with E-state index in [1.165, 1.54) is 30.4 Å². The van der Waals surface area contributed by atoms with Crippen molar-refractivity contribution in [3.05, 3.63) is 59.2 Å². The molecule has 0 saturated heterocycles. The van der Waals surface area contributed by atoms with Crippen LogP contribution in [0.3, 0.4) is 0 Å². The van der Waals surface area contributed by atoms with Gasteiger partial charge in [0.25, 0.3) is 11.8 Å². The van der Waals surface area contributed by atoms with Crippen molar-refractivity contribution in [3.63, 3.8) is 0 Å². The molecule has 0 aliphatic carbocycles. The van der Waals surface area contributed by atoms with E-state index in [1.807, 2.05) is 11.5 Å². The number of rotatable bonds is 6. The molecule has 0 unspecified atom stereocenters. The summed E-state index contributed by atoms with van der Waals surface area (Å²) < 4.78 is 1.99. The molecule has 1 aliphatic heterocycles. The fourth-order valence-corrected chi connectivity index (χ4v) is 4.58. The van der Waals surface area contributed by atoms with E-state index in [9.17, 15) is 14.4 Å². The third-order valence-electron chi connectivity index (χ3n) is 5.75. The van der Waals surface area contributed by atoms with E-state index in [0.717, 1.165) is 16.3 Å². The first-order valence-corrected chi connectivity index (χ1v) is 12.0. The molecule has 2 aromatic carbocycles. The van der Waals surface area contributed by atoms with Gasteiger partial charge in [0.15, 0.2) is 11.0 Å². The summed E-state index contributed by atoms with van der Waals surface area (Å²) in [6.45, 7) is 9.21. The Morgan fingerprint density at radius 1 is 1.00 bits per heavy atom. The smallest absolute Gasteiger partial charge is 0.261 e. The number of nitrogens with zero attached hydrogens (tertiary/aromatic N) is 4. The highest BCUT2D eigenvalue weighted by Crippen LogP contribution is 2.28. The van der Waals surface area contributed by atoms with Crippen LogP contribution in [0.1, 0.15) is 54.0 Å². The number of thioether (sulfide) groups is 1. The largest absolute Gasteiger partial charge is 0.325 e. The number of anilines is 1. The van der Waals surface area contributed by atoms with Gasteiger partial charge in [-0.25, -0.2) is 0 Å². The number of amides is 3. The summed E-state index contributed by atoms with van der Waals surface area (Å²) in [6, 6.07) is 13.0. The van der Waals surface area contributed by atoms with Gasteiger partial charge in [-0.15, -0.1) is 10.2 Å². The molecular formula is C25H27N5O3S. The van der Waals surface area contributed by atoms with Crippen LogP contribution in [0.25, 0.3) is 11.4 Å². The summed E-state index contributed by atoms with van der Waals surface area (Å²) in [6.07, 6.45) is 0. The van der Waals surface area contributed by atoms with Crippen LogP contribution < -0.4 is 5.32 Å². The quantitative estimate of drug-likeness (QED) is 0.422. The molecule has 8 nitrogen and oxygen atoms in total. The SMILES string of the molecule is CCn1c(SCC(=O)Nc2ccc3c(c2)C(=O)N(C)C3=O)nnc1-c1ccc(C(C)(C)C)cc1. The van der Waals surface area contributed by atoms with E-state index >= 15 is 0 Å². The van der Waals surface area contributed by atoms with Crippen LogP contribution in [-0.4, -0.2) is 50.2 Å². The molecule has 0 spiro atoms. The standard InChI is InChI=1S/C25H27N5O3S/c1-6-30-21(15-7-9-16(10-8-15)25(2,3)4)27-28-24(30)34-14-20(31)26-17-11-12-18-19(13-17)23(33)29(5)22(18)32/h7-13H,6,14H2,1-5H3,(H,26,31). The minimum atomic E-state index is -0.371. The molecule has 0 bridgehead atoms. The number of imide groups is 1. The number of aromatic nitrogens is 3. The zero-order chi connectivity index (χ0) is 24.6. The van der Waals surface area contributed by atoms with Crippen molar-refractivity contribution >= 4 is 35.2 Å². The maximum Gasteiger partial charge on any atom is 0.261 e. The number of benzene rings is 2. The van der Waals surface area contributed by atoms with Crippen LogP contribution in [0.15, 0.2) is 47.6 Å². The highest BCUT2D eigenvalue weighted by Gasteiger charge is 2.32. The monoisotopic (exact) mass is 477 g/mol. The van der Waals surface area contributed by atoms with Crippen molar-refractivity contribution in [1.29, 1.82) is 0 Å². The number of carbonyl (C=O) groups is 3. The minimum Gasteiger partial charge on any atom is -0.325 e. The zero-order valence-corrected chi connectivity index (χ0v) is 20.7. The lowest BCUT2D eigenvalue weighted by Crippen LogP contribution is -2.24. The molecule has 2 heterocycles. The second kappa shape index (κ2) is 9.06. The maximum absolute atomic E-state index is 12.6. The molecule has 176 valence electrons. The normalized spacial score (nSPS) is 13.4. The molecule has 0 fully saturated rings.